The van der Waals surface area contributed by atoms with Gasteiger partial charge < -0.3 is 25.5 Å². The van der Waals surface area contributed by atoms with Crippen molar-refractivity contribution in [3.8, 4) is 0 Å². The average molecular weight is 183 g/mol. The van der Waals surface area contributed by atoms with Crippen molar-refractivity contribution < 1.29 is 24.4 Å². The Morgan fingerprint density at radius 3 is 1.40 bits per heavy atom. The molecule has 0 fully saturated rings. The van der Waals surface area contributed by atoms with E-state index in [1.54, 1.807) is 0 Å². The SMILES string of the molecule is NCCO.O=P(O)(O)O.[NaH]. The summed E-state index contributed by atoms with van der Waals surface area (Å²) in [5, 5.41) is 7.75. The first-order chi connectivity index (χ1) is 3.91. The van der Waals surface area contributed by atoms with E-state index in [1.807, 2.05) is 0 Å². The summed E-state index contributed by atoms with van der Waals surface area (Å²) in [5.74, 6) is 0. The third-order valence-corrected chi connectivity index (χ3v) is 0.129. The van der Waals surface area contributed by atoms with Crippen LogP contribution in [0, 0.1) is 0 Å². The molecule has 0 atom stereocenters. The van der Waals surface area contributed by atoms with Crippen LogP contribution in [0.5, 0.6) is 0 Å². The van der Waals surface area contributed by atoms with Gasteiger partial charge in [0.05, 0.1) is 6.61 Å². The van der Waals surface area contributed by atoms with Gasteiger partial charge in [-0.2, -0.15) is 0 Å². The second-order valence-corrected chi connectivity index (χ2v) is 2.05. The van der Waals surface area contributed by atoms with E-state index < -0.39 is 7.82 Å². The molecule has 0 amide bonds. The van der Waals surface area contributed by atoms with Crippen molar-refractivity contribution >= 4 is 37.4 Å². The van der Waals surface area contributed by atoms with Gasteiger partial charge in [0, 0.05) is 6.54 Å². The second kappa shape index (κ2) is 10.0. The van der Waals surface area contributed by atoms with Crippen LogP contribution in [0.2, 0.25) is 0 Å². The Hall–Kier alpha value is 1.03. The standard InChI is InChI=1S/C2H7NO.Na.H3O4P.H/c3-1-2-4;;1-5(2,3)4;/h4H,1-3H2;;(H3,1,2,3,4);. The number of aliphatic hydroxyl groups is 1. The molecule has 6 nitrogen and oxygen atoms in total. The Bertz CT molecular complexity index is 83.4. The molecule has 0 heterocycles. The summed E-state index contributed by atoms with van der Waals surface area (Å²) in [6.07, 6.45) is 0. The summed E-state index contributed by atoms with van der Waals surface area (Å²) >= 11 is 0. The van der Waals surface area contributed by atoms with Gasteiger partial charge >= 0.3 is 37.4 Å². The molecule has 6 N–H and O–H groups in total. The predicted octanol–water partition coefficient (Wildman–Crippen LogP) is -2.64. The molecule has 10 heavy (non-hydrogen) atoms. The van der Waals surface area contributed by atoms with Gasteiger partial charge in [0.15, 0.2) is 0 Å². The van der Waals surface area contributed by atoms with Gasteiger partial charge in [0.1, 0.15) is 0 Å². The summed E-state index contributed by atoms with van der Waals surface area (Å²) in [5.41, 5.74) is 4.78. The molecule has 0 aliphatic rings. The molecule has 0 spiro atoms. The zero-order chi connectivity index (χ0) is 7.91. The Morgan fingerprint density at radius 1 is 1.30 bits per heavy atom. The van der Waals surface area contributed by atoms with Crippen LogP contribution in [-0.4, -0.2) is 62.5 Å². The zero-order valence-electron chi connectivity index (χ0n) is 4.64. The maximum atomic E-state index is 8.88. The van der Waals surface area contributed by atoms with Crippen molar-refractivity contribution in [2.45, 2.75) is 0 Å². The summed E-state index contributed by atoms with van der Waals surface area (Å²) in [4.78, 5) is 21.6. The molecular weight excluding hydrogens is 172 g/mol. The molecule has 0 aromatic heterocycles. The Morgan fingerprint density at radius 2 is 1.40 bits per heavy atom. The molecule has 0 saturated heterocycles. The molecule has 60 valence electrons. The molecule has 0 aromatic carbocycles. The number of aliphatic hydroxyl groups excluding tert-OH is 1. The second-order valence-electron chi connectivity index (χ2n) is 1.03. The Balaban J connectivity index is -0.0000000910. The molecule has 8 heteroatoms. The molecular formula is C2H11NNaO5P. The van der Waals surface area contributed by atoms with Gasteiger partial charge in [-0.3, -0.25) is 0 Å². The van der Waals surface area contributed by atoms with Gasteiger partial charge in [-0.05, 0) is 0 Å². The number of nitrogens with two attached hydrogens (primary N) is 1. The van der Waals surface area contributed by atoms with Gasteiger partial charge in [0.25, 0.3) is 0 Å². The predicted molar refractivity (Wildman–Crippen MR) is 37.6 cm³/mol. The Kier molecular flexibility index (Phi) is 17.3. The number of hydrogen-bond acceptors (Lipinski definition) is 3. The fourth-order valence-corrected chi connectivity index (χ4v) is 0. The van der Waals surface area contributed by atoms with Crippen molar-refractivity contribution in [3.63, 3.8) is 0 Å². The van der Waals surface area contributed by atoms with Crippen molar-refractivity contribution in [2.75, 3.05) is 13.2 Å². The molecule has 0 aromatic rings. The minimum atomic E-state index is -4.64. The van der Waals surface area contributed by atoms with Crippen molar-refractivity contribution in [2.24, 2.45) is 5.73 Å². The third-order valence-electron chi connectivity index (χ3n) is 0.129. The van der Waals surface area contributed by atoms with Crippen LogP contribution < -0.4 is 5.73 Å². The van der Waals surface area contributed by atoms with Gasteiger partial charge in [0.2, 0.25) is 0 Å². The molecule has 0 rings (SSSR count). The van der Waals surface area contributed by atoms with Gasteiger partial charge in [-0.1, -0.05) is 0 Å². The summed E-state index contributed by atoms with van der Waals surface area (Å²) in [7, 11) is -4.64. The quantitative estimate of drug-likeness (QED) is 0.223. The summed E-state index contributed by atoms with van der Waals surface area (Å²) < 4.78 is 8.88. The van der Waals surface area contributed by atoms with Crippen molar-refractivity contribution in [3.05, 3.63) is 0 Å². The van der Waals surface area contributed by atoms with Crippen LogP contribution >= 0.6 is 7.82 Å². The molecule has 0 aliphatic carbocycles. The normalized spacial score (nSPS) is 8.90. The van der Waals surface area contributed by atoms with E-state index in [0.717, 1.165) is 0 Å². The fraction of sp³-hybridized carbons (Fsp3) is 1.00. The molecule has 0 saturated carbocycles. The van der Waals surface area contributed by atoms with Crippen LogP contribution in [0.3, 0.4) is 0 Å². The maximum absolute atomic E-state index is 8.88. The first kappa shape index (κ1) is 17.2. The van der Waals surface area contributed by atoms with E-state index >= 15 is 0 Å². The first-order valence-electron chi connectivity index (χ1n) is 2.01. The van der Waals surface area contributed by atoms with Crippen LogP contribution in [0.15, 0.2) is 0 Å². The zero-order valence-corrected chi connectivity index (χ0v) is 5.53. The monoisotopic (exact) mass is 183 g/mol. The molecule has 0 unspecified atom stereocenters. The van der Waals surface area contributed by atoms with Crippen LogP contribution in [0.25, 0.3) is 0 Å². The van der Waals surface area contributed by atoms with Gasteiger partial charge in [-0.15, -0.1) is 0 Å². The van der Waals surface area contributed by atoms with E-state index in [2.05, 4.69) is 0 Å². The van der Waals surface area contributed by atoms with E-state index in [4.69, 9.17) is 30.1 Å². The average Bonchev–Trinajstić information content (AvgIpc) is 1.61. The third kappa shape index (κ3) is 141. The number of hydrogen-bond donors (Lipinski definition) is 5. The van der Waals surface area contributed by atoms with E-state index in [1.165, 1.54) is 0 Å². The number of phosphoric acid groups is 1. The van der Waals surface area contributed by atoms with E-state index in [0.29, 0.717) is 6.54 Å². The van der Waals surface area contributed by atoms with E-state index in [-0.39, 0.29) is 36.2 Å². The fourth-order valence-electron chi connectivity index (χ4n) is 0. The molecule has 0 bridgehead atoms. The Labute approximate surface area is 80.6 Å². The number of rotatable bonds is 1. The van der Waals surface area contributed by atoms with Crippen LogP contribution in [-0.2, 0) is 4.57 Å². The molecule has 0 aliphatic heterocycles. The topological polar surface area (TPSA) is 124 Å². The van der Waals surface area contributed by atoms with Gasteiger partial charge in [-0.25, -0.2) is 4.57 Å². The van der Waals surface area contributed by atoms with E-state index in [9.17, 15) is 0 Å². The minimum absolute atomic E-state index is 0. The summed E-state index contributed by atoms with van der Waals surface area (Å²) in [6, 6.07) is 0. The first-order valence-corrected chi connectivity index (χ1v) is 3.57. The molecule has 0 radical (unpaired) electrons. The summed E-state index contributed by atoms with van der Waals surface area (Å²) in [6.45, 7) is 0.472. The van der Waals surface area contributed by atoms with Crippen molar-refractivity contribution in [1.29, 1.82) is 0 Å². The van der Waals surface area contributed by atoms with Crippen molar-refractivity contribution in [1.82, 2.24) is 0 Å². The van der Waals surface area contributed by atoms with Crippen LogP contribution in [0.4, 0.5) is 0 Å². The van der Waals surface area contributed by atoms with Crippen LogP contribution in [0.1, 0.15) is 0 Å².